The number of aliphatic hydroxyl groups excluding tert-OH is 1. The lowest BCUT2D eigenvalue weighted by Crippen LogP contribution is -2.53. The van der Waals surface area contributed by atoms with Gasteiger partial charge in [0.25, 0.3) is 5.91 Å². The SMILES string of the molecule is O=C(c1cc2c(s1)CCCC2)N1CC(O)C1. The Morgan fingerprint density at radius 1 is 1.38 bits per heavy atom. The summed E-state index contributed by atoms with van der Waals surface area (Å²) in [5.74, 6) is 0.102. The van der Waals surface area contributed by atoms with E-state index in [1.807, 2.05) is 0 Å². The zero-order valence-corrected chi connectivity index (χ0v) is 9.92. The molecule has 16 heavy (non-hydrogen) atoms. The Morgan fingerprint density at radius 2 is 2.12 bits per heavy atom. The number of likely N-dealkylation sites (tertiary alicyclic amines) is 1. The van der Waals surface area contributed by atoms with Gasteiger partial charge in [0, 0.05) is 18.0 Å². The average molecular weight is 237 g/mol. The van der Waals surface area contributed by atoms with Gasteiger partial charge in [-0.25, -0.2) is 0 Å². The fourth-order valence-corrected chi connectivity index (χ4v) is 3.59. The first kappa shape index (κ1) is 10.3. The first-order valence-corrected chi connectivity index (χ1v) is 6.64. The molecule has 1 aliphatic carbocycles. The van der Waals surface area contributed by atoms with Gasteiger partial charge < -0.3 is 10.0 Å². The van der Waals surface area contributed by atoms with Gasteiger partial charge in [-0.15, -0.1) is 11.3 Å². The maximum atomic E-state index is 12.0. The fraction of sp³-hybridized carbons (Fsp3) is 0.583. The first-order chi connectivity index (χ1) is 7.74. The highest BCUT2D eigenvalue weighted by Gasteiger charge is 2.30. The molecule has 86 valence electrons. The maximum Gasteiger partial charge on any atom is 0.264 e. The molecule has 0 unspecified atom stereocenters. The van der Waals surface area contributed by atoms with Gasteiger partial charge in [-0.05, 0) is 37.3 Å². The molecule has 1 amide bonds. The minimum atomic E-state index is -0.307. The van der Waals surface area contributed by atoms with Gasteiger partial charge in [-0.1, -0.05) is 0 Å². The smallest absolute Gasteiger partial charge is 0.264 e. The van der Waals surface area contributed by atoms with Crippen molar-refractivity contribution in [2.75, 3.05) is 13.1 Å². The molecule has 0 spiro atoms. The summed E-state index contributed by atoms with van der Waals surface area (Å²) >= 11 is 1.65. The lowest BCUT2D eigenvalue weighted by atomic mass is 9.99. The zero-order valence-electron chi connectivity index (χ0n) is 9.11. The van der Waals surface area contributed by atoms with Gasteiger partial charge in [-0.2, -0.15) is 0 Å². The summed E-state index contributed by atoms with van der Waals surface area (Å²) in [7, 11) is 0. The standard InChI is InChI=1S/C12H15NO2S/c14-9-6-13(7-9)12(15)11-5-8-3-1-2-4-10(8)16-11/h5,9,14H,1-4,6-7H2. The molecule has 1 aliphatic heterocycles. The van der Waals surface area contributed by atoms with Crippen molar-refractivity contribution in [3.05, 3.63) is 21.4 Å². The molecule has 1 saturated heterocycles. The predicted octanol–water partition coefficient (Wildman–Crippen LogP) is 1.44. The summed E-state index contributed by atoms with van der Waals surface area (Å²) in [5, 5.41) is 9.19. The van der Waals surface area contributed by atoms with E-state index in [1.54, 1.807) is 16.2 Å². The largest absolute Gasteiger partial charge is 0.389 e. The van der Waals surface area contributed by atoms with Gasteiger partial charge in [0.1, 0.15) is 0 Å². The summed E-state index contributed by atoms with van der Waals surface area (Å²) < 4.78 is 0. The van der Waals surface area contributed by atoms with Crippen LogP contribution in [0, 0.1) is 0 Å². The van der Waals surface area contributed by atoms with Crippen molar-refractivity contribution in [3.63, 3.8) is 0 Å². The molecule has 1 fully saturated rings. The molecule has 0 aromatic carbocycles. The number of β-amino-alcohol motifs (C(OH)–C–C–N with tert-alkyl or cyclic N) is 1. The van der Waals surface area contributed by atoms with Crippen LogP contribution in [0.15, 0.2) is 6.07 Å². The molecule has 0 atom stereocenters. The number of fused-ring (bicyclic) bond motifs is 1. The van der Waals surface area contributed by atoms with Crippen LogP contribution >= 0.6 is 11.3 Å². The van der Waals surface area contributed by atoms with Crippen LogP contribution in [0.3, 0.4) is 0 Å². The van der Waals surface area contributed by atoms with Crippen LogP contribution in [0.4, 0.5) is 0 Å². The van der Waals surface area contributed by atoms with Gasteiger partial charge in [0.2, 0.25) is 0 Å². The molecule has 3 nitrogen and oxygen atoms in total. The Balaban J connectivity index is 1.79. The molecule has 1 N–H and O–H groups in total. The lowest BCUT2D eigenvalue weighted by molar-refractivity contribution is 0.00622. The van der Waals surface area contributed by atoms with Crippen molar-refractivity contribution in [1.82, 2.24) is 4.90 Å². The van der Waals surface area contributed by atoms with Crippen LogP contribution in [-0.4, -0.2) is 35.1 Å². The highest BCUT2D eigenvalue weighted by molar-refractivity contribution is 7.14. The molecular weight excluding hydrogens is 222 g/mol. The van der Waals surface area contributed by atoms with Crippen molar-refractivity contribution in [2.24, 2.45) is 0 Å². The number of aliphatic hydroxyl groups is 1. The van der Waals surface area contributed by atoms with E-state index in [4.69, 9.17) is 0 Å². The van der Waals surface area contributed by atoms with E-state index in [-0.39, 0.29) is 12.0 Å². The van der Waals surface area contributed by atoms with Crippen molar-refractivity contribution in [1.29, 1.82) is 0 Å². The molecule has 3 rings (SSSR count). The highest BCUT2D eigenvalue weighted by Crippen LogP contribution is 2.30. The summed E-state index contributed by atoms with van der Waals surface area (Å²) in [6.45, 7) is 1.00. The maximum absolute atomic E-state index is 12.0. The van der Waals surface area contributed by atoms with E-state index in [2.05, 4.69) is 6.07 Å². The van der Waals surface area contributed by atoms with Crippen LogP contribution < -0.4 is 0 Å². The summed E-state index contributed by atoms with van der Waals surface area (Å²) in [4.78, 5) is 16.0. The van der Waals surface area contributed by atoms with Gasteiger partial charge in [-0.3, -0.25) is 4.79 Å². The van der Waals surface area contributed by atoms with E-state index < -0.39 is 0 Å². The van der Waals surface area contributed by atoms with Gasteiger partial charge in [0.15, 0.2) is 0 Å². The normalized spacial score (nSPS) is 20.4. The zero-order chi connectivity index (χ0) is 11.1. The molecule has 0 bridgehead atoms. The number of carbonyl (C=O) groups is 1. The number of aryl methyl sites for hydroxylation is 2. The van der Waals surface area contributed by atoms with E-state index in [1.165, 1.54) is 23.3 Å². The van der Waals surface area contributed by atoms with Crippen LogP contribution in [0.25, 0.3) is 0 Å². The Kier molecular flexibility index (Phi) is 2.48. The first-order valence-electron chi connectivity index (χ1n) is 5.83. The third-order valence-corrected chi connectivity index (χ3v) is 4.58. The Bertz CT molecular complexity index is 397. The number of hydrogen-bond acceptors (Lipinski definition) is 3. The number of thiophene rings is 1. The van der Waals surface area contributed by atoms with E-state index in [0.717, 1.165) is 17.7 Å². The van der Waals surface area contributed by atoms with Crippen LogP contribution in [-0.2, 0) is 12.8 Å². The number of hydrogen-bond donors (Lipinski definition) is 1. The Morgan fingerprint density at radius 3 is 2.81 bits per heavy atom. The Hall–Kier alpha value is -0.870. The second-order valence-electron chi connectivity index (χ2n) is 4.63. The molecule has 2 heterocycles. The quantitative estimate of drug-likeness (QED) is 0.803. The molecular formula is C12H15NO2S. The van der Waals surface area contributed by atoms with Gasteiger partial charge in [0.05, 0.1) is 11.0 Å². The lowest BCUT2D eigenvalue weighted by Gasteiger charge is -2.35. The number of rotatable bonds is 1. The third kappa shape index (κ3) is 1.66. The topological polar surface area (TPSA) is 40.5 Å². The third-order valence-electron chi connectivity index (χ3n) is 3.36. The summed E-state index contributed by atoms with van der Waals surface area (Å²) in [5.41, 5.74) is 1.38. The average Bonchev–Trinajstić information content (AvgIpc) is 2.67. The summed E-state index contributed by atoms with van der Waals surface area (Å²) in [6, 6.07) is 2.06. The molecule has 4 heteroatoms. The number of amides is 1. The monoisotopic (exact) mass is 237 g/mol. The van der Waals surface area contributed by atoms with Crippen LogP contribution in [0.5, 0.6) is 0 Å². The molecule has 1 aromatic heterocycles. The number of carbonyl (C=O) groups excluding carboxylic acids is 1. The minimum Gasteiger partial charge on any atom is -0.389 e. The Labute approximate surface area is 98.7 Å². The van der Waals surface area contributed by atoms with E-state index in [9.17, 15) is 9.90 Å². The summed E-state index contributed by atoms with van der Waals surface area (Å²) in [6.07, 6.45) is 4.46. The van der Waals surface area contributed by atoms with E-state index >= 15 is 0 Å². The highest BCUT2D eigenvalue weighted by atomic mass is 32.1. The van der Waals surface area contributed by atoms with Crippen LogP contribution in [0.2, 0.25) is 0 Å². The van der Waals surface area contributed by atoms with E-state index in [0.29, 0.717) is 13.1 Å². The molecule has 0 saturated carbocycles. The second kappa shape index (κ2) is 3.86. The van der Waals surface area contributed by atoms with Crippen molar-refractivity contribution in [3.8, 4) is 0 Å². The molecule has 2 aliphatic rings. The molecule has 1 aromatic rings. The van der Waals surface area contributed by atoms with Gasteiger partial charge >= 0.3 is 0 Å². The fourth-order valence-electron chi connectivity index (χ4n) is 2.37. The van der Waals surface area contributed by atoms with Crippen LogP contribution in [0.1, 0.15) is 33.0 Å². The van der Waals surface area contributed by atoms with Crippen molar-refractivity contribution < 1.29 is 9.90 Å². The number of nitrogens with zero attached hydrogens (tertiary/aromatic N) is 1. The molecule has 0 radical (unpaired) electrons. The van der Waals surface area contributed by atoms with Crippen molar-refractivity contribution in [2.45, 2.75) is 31.8 Å². The second-order valence-corrected chi connectivity index (χ2v) is 5.77. The minimum absolute atomic E-state index is 0.102. The van der Waals surface area contributed by atoms with Crippen molar-refractivity contribution >= 4 is 17.2 Å². The predicted molar refractivity (Wildman–Crippen MR) is 62.9 cm³/mol.